The second-order valence-electron chi connectivity index (χ2n) is 2.31. The fourth-order valence-electron chi connectivity index (χ4n) is 0.829. The van der Waals surface area contributed by atoms with Crippen LogP contribution in [0.5, 0.6) is 0 Å². The van der Waals surface area contributed by atoms with Gasteiger partial charge in [-0.1, -0.05) is 15.9 Å². The van der Waals surface area contributed by atoms with Crippen LogP contribution < -0.4 is 5.73 Å². The molecule has 0 aromatic heterocycles. The first-order valence-corrected chi connectivity index (χ1v) is 4.04. The average Bonchev–Trinajstić information content (AvgIpc) is 1.99. The van der Waals surface area contributed by atoms with Gasteiger partial charge in [-0.25, -0.2) is 4.39 Å². The van der Waals surface area contributed by atoms with E-state index < -0.39 is 18.4 Å². The van der Waals surface area contributed by atoms with Crippen molar-refractivity contribution in [2.75, 3.05) is 6.56 Å². The predicted molar refractivity (Wildman–Crippen MR) is 48.1 cm³/mol. The van der Waals surface area contributed by atoms with Crippen LogP contribution in [0, 0.1) is 5.82 Å². The number of rotatable bonds is 2. The van der Waals surface area contributed by atoms with Gasteiger partial charge in [0.05, 0.1) is 15.3 Å². The van der Waals surface area contributed by atoms with E-state index in [9.17, 15) is 4.39 Å². The van der Waals surface area contributed by atoms with E-state index in [4.69, 9.17) is 13.6 Å². The van der Waals surface area contributed by atoms with Crippen molar-refractivity contribution in [2.45, 2.75) is 6.04 Å². The summed E-state index contributed by atoms with van der Waals surface area (Å²) in [5.74, 6) is -0.533. The molecule has 0 saturated carbocycles. The second kappa shape index (κ2) is 3.98. The zero-order chi connectivity index (χ0) is 10.9. The molecule has 0 saturated heterocycles. The van der Waals surface area contributed by atoms with Gasteiger partial charge < -0.3 is 10.8 Å². The first-order valence-electron chi connectivity index (χ1n) is 4.24. The van der Waals surface area contributed by atoms with Gasteiger partial charge in [0, 0.05) is 4.47 Å². The molecule has 0 unspecified atom stereocenters. The van der Waals surface area contributed by atoms with E-state index in [0.29, 0.717) is 4.47 Å². The fourth-order valence-corrected chi connectivity index (χ4v) is 1.31. The van der Waals surface area contributed by atoms with Crippen LogP contribution in [0.3, 0.4) is 0 Å². The molecule has 2 nitrogen and oxygen atoms in total. The molecule has 0 fully saturated rings. The van der Waals surface area contributed by atoms with Crippen molar-refractivity contribution in [1.29, 1.82) is 0 Å². The van der Waals surface area contributed by atoms with E-state index in [1.165, 1.54) is 12.1 Å². The van der Waals surface area contributed by atoms with Gasteiger partial charge in [0.1, 0.15) is 5.82 Å². The summed E-state index contributed by atoms with van der Waals surface area (Å²) in [6.07, 6.45) is 0. The van der Waals surface area contributed by atoms with Crippen LogP contribution in [0.15, 0.2) is 22.7 Å². The van der Waals surface area contributed by atoms with E-state index in [1.807, 2.05) is 0 Å². The lowest BCUT2D eigenvalue weighted by atomic mass is 10.1. The second-order valence-corrected chi connectivity index (χ2v) is 3.23. The monoisotopic (exact) mass is 235 g/mol. The third-order valence-corrected chi connectivity index (χ3v) is 1.84. The number of aliphatic hydroxyl groups is 1. The highest BCUT2D eigenvalue weighted by molar-refractivity contribution is 9.10. The van der Waals surface area contributed by atoms with Gasteiger partial charge in [0.15, 0.2) is 0 Å². The number of halogens is 2. The van der Waals surface area contributed by atoms with Crippen LogP contribution in [0.25, 0.3) is 0 Å². The van der Waals surface area contributed by atoms with Crippen LogP contribution >= 0.6 is 15.9 Å². The lowest BCUT2D eigenvalue weighted by Crippen LogP contribution is -2.14. The number of hydrogen-bond donors (Lipinski definition) is 2. The first-order chi connectivity index (χ1) is 6.30. The van der Waals surface area contributed by atoms with Crippen molar-refractivity contribution in [3.63, 3.8) is 0 Å². The minimum Gasteiger partial charge on any atom is -0.394 e. The Morgan fingerprint density at radius 1 is 1.67 bits per heavy atom. The molecule has 0 amide bonds. The molecule has 1 rings (SSSR count). The quantitative estimate of drug-likeness (QED) is 0.818. The van der Waals surface area contributed by atoms with E-state index >= 15 is 0 Å². The molecule has 1 aromatic carbocycles. The molecule has 0 bridgehead atoms. The van der Waals surface area contributed by atoms with E-state index in [2.05, 4.69) is 15.9 Å². The third-order valence-electron chi connectivity index (χ3n) is 1.38. The summed E-state index contributed by atoms with van der Waals surface area (Å²) in [6, 6.07) is 2.50. The molecule has 66 valence electrons. The number of nitrogens with two attached hydrogens (primary N) is 1. The molecule has 0 aliphatic carbocycles. The van der Waals surface area contributed by atoms with Crippen molar-refractivity contribution >= 4 is 15.9 Å². The van der Waals surface area contributed by atoms with Crippen LogP contribution in [0.2, 0.25) is 0 Å². The molecule has 3 N–H and O–H groups in total. The van der Waals surface area contributed by atoms with E-state index in [-0.39, 0.29) is 5.56 Å². The zero-order valence-corrected chi connectivity index (χ0v) is 7.68. The molecule has 0 aliphatic heterocycles. The lowest BCUT2D eigenvalue weighted by Gasteiger charge is -2.08. The Morgan fingerprint density at radius 2 is 2.33 bits per heavy atom. The van der Waals surface area contributed by atoms with Crippen LogP contribution in [-0.2, 0) is 0 Å². The summed E-state index contributed by atoms with van der Waals surface area (Å²) in [6.45, 7) is -2.56. The molecule has 0 radical (unpaired) electrons. The molecule has 1 aromatic rings. The molecular formula is C8H9BrFNO. The van der Waals surface area contributed by atoms with Crippen molar-refractivity contribution in [2.24, 2.45) is 5.73 Å². The van der Waals surface area contributed by atoms with Crippen LogP contribution in [0.4, 0.5) is 4.39 Å². The highest BCUT2D eigenvalue weighted by Gasteiger charge is 2.06. The molecule has 12 heavy (non-hydrogen) atoms. The molecular weight excluding hydrogens is 225 g/mol. The van der Waals surface area contributed by atoms with Crippen LogP contribution in [-0.4, -0.2) is 11.7 Å². The van der Waals surface area contributed by atoms with Gasteiger partial charge in [-0.3, -0.25) is 0 Å². The van der Waals surface area contributed by atoms with E-state index in [0.717, 1.165) is 6.07 Å². The maximum atomic E-state index is 12.9. The number of benzene rings is 1. The summed E-state index contributed by atoms with van der Waals surface area (Å²) in [5, 5.41) is 8.99. The van der Waals surface area contributed by atoms with Gasteiger partial charge in [-0.15, -0.1) is 0 Å². The van der Waals surface area contributed by atoms with E-state index in [1.54, 1.807) is 0 Å². The lowest BCUT2D eigenvalue weighted by molar-refractivity contribution is 0.267. The zero-order valence-electron chi connectivity index (χ0n) is 8.09. The Hall–Kier alpha value is -0.450. The Balaban J connectivity index is 3.07. The highest BCUT2D eigenvalue weighted by Crippen LogP contribution is 2.18. The first kappa shape index (κ1) is 7.00. The van der Waals surface area contributed by atoms with Crippen molar-refractivity contribution in [1.82, 2.24) is 0 Å². The SMILES string of the molecule is [2H]C([2H])(O)[C@H](N)c1cc(F)cc(Br)c1. The molecule has 4 heteroatoms. The van der Waals surface area contributed by atoms with Gasteiger partial charge in [0.2, 0.25) is 0 Å². The minimum absolute atomic E-state index is 0.198. The molecule has 0 aliphatic rings. The summed E-state index contributed by atoms with van der Waals surface area (Å²) >= 11 is 3.05. The maximum absolute atomic E-state index is 12.9. The predicted octanol–water partition coefficient (Wildman–Crippen LogP) is 1.58. The molecule has 0 spiro atoms. The van der Waals surface area contributed by atoms with Crippen molar-refractivity contribution < 1.29 is 12.2 Å². The topological polar surface area (TPSA) is 46.2 Å². The van der Waals surface area contributed by atoms with Gasteiger partial charge in [-0.05, 0) is 23.8 Å². The van der Waals surface area contributed by atoms with Crippen molar-refractivity contribution in [3.8, 4) is 0 Å². The summed E-state index contributed by atoms with van der Waals surface area (Å²) in [4.78, 5) is 0. The summed E-state index contributed by atoms with van der Waals surface area (Å²) < 4.78 is 27.3. The summed E-state index contributed by atoms with van der Waals surface area (Å²) in [5.41, 5.74) is 5.60. The fraction of sp³-hybridized carbons (Fsp3) is 0.250. The third kappa shape index (κ3) is 2.27. The normalized spacial score (nSPS) is 16.7. The Morgan fingerprint density at radius 3 is 2.83 bits per heavy atom. The Labute approximate surface area is 81.1 Å². The standard InChI is InChI=1S/C8H9BrFNO/c9-6-1-5(8(11)4-12)2-7(10)3-6/h1-3,8,12H,4,11H2/t8-/m0/s1/i4D2. The highest BCUT2D eigenvalue weighted by atomic mass is 79.9. The largest absolute Gasteiger partial charge is 0.394 e. The van der Waals surface area contributed by atoms with Gasteiger partial charge in [-0.2, -0.15) is 0 Å². The Kier molecular flexibility index (Phi) is 2.32. The number of hydrogen-bond acceptors (Lipinski definition) is 2. The smallest absolute Gasteiger partial charge is 0.124 e. The summed E-state index contributed by atoms with van der Waals surface area (Å²) in [7, 11) is 0. The molecule has 0 heterocycles. The average molecular weight is 236 g/mol. The van der Waals surface area contributed by atoms with Crippen LogP contribution in [0.1, 0.15) is 14.3 Å². The Bertz CT molecular complexity index is 322. The maximum Gasteiger partial charge on any atom is 0.124 e. The van der Waals surface area contributed by atoms with Gasteiger partial charge in [0.25, 0.3) is 0 Å². The van der Waals surface area contributed by atoms with Gasteiger partial charge >= 0.3 is 0 Å². The minimum atomic E-state index is -2.56. The molecule has 1 atom stereocenters. The van der Waals surface area contributed by atoms with Crippen molar-refractivity contribution in [3.05, 3.63) is 34.1 Å².